The van der Waals surface area contributed by atoms with Crippen LogP contribution in [0.5, 0.6) is 0 Å². The number of hydrogen-bond acceptors (Lipinski definition) is 1. The van der Waals surface area contributed by atoms with Gasteiger partial charge in [0.25, 0.3) is 0 Å². The molecule has 0 rings (SSSR count). The van der Waals surface area contributed by atoms with Crippen LogP contribution in [0.4, 0.5) is 0 Å². The molecule has 0 aliphatic carbocycles. The van der Waals surface area contributed by atoms with Crippen molar-refractivity contribution < 1.29 is 4.79 Å². The van der Waals surface area contributed by atoms with Crippen molar-refractivity contribution in [1.82, 2.24) is 0 Å². The highest BCUT2D eigenvalue weighted by Gasteiger charge is 1.95. The molecule has 0 aliphatic heterocycles. The molecule has 0 fully saturated rings. The second-order valence-electron chi connectivity index (χ2n) is 3.93. The van der Waals surface area contributed by atoms with Crippen molar-refractivity contribution in [3.8, 4) is 0 Å². The summed E-state index contributed by atoms with van der Waals surface area (Å²) in [5.74, 6) is 0. The van der Waals surface area contributed by atoms with Crippen molar-refractivity contribution in [2.45, 2.75) is 92.4 Å². The van der Waals surface area contributed by atoms with Crippen LogP contribution < -0.4 is 0 Å². The second kappa shape index (κ2) is 25.0. The van der Waals surface area contributed by atoms with Gasteiger partial charge < -0.3 is 0 Å². The molecule has 1 nitrogen and oxygen atoms in total. The van der Waals surface area contributed by atoms with E-state index in [9.17, 15) is 4.79 Å². The third-order valence-corrected chi connectivity index (χ3v) is 2.17. The molecular weight excluding hydrogens is 232 g/mol. The van der Waals surface area contributed by atoms with Crippen molar-refractivity contribution in [3.05, 3.63) is 0 Å². The predicted molar refractivity (Wildman–Crippen MR) is 80.8 cm³/mol. The zero-order valence-corrected chi connectivity index (χ0v) is 13.4. The Bertz CT molecular complexity index is 124. The number of rotatable bonds is 8. The van der Waals surface area contributed by atoms with Crippen molar-refractivity contribution in [3.63, 3.8) is 0 Å². The molecule has 0 aliphatic rings. The first-order valence-electron chi connectivity index (χ1n) is 7.37. The Morgan fingerprint density at radius 2 is 1.18 bits per heavy atom. The molecule has 0 amide bonds. The number of hydrogen-bond donors (Lipinski definition) is 0. The number of halogens is 1. The van der Waals surface area contributed by atoms with Gasteiger partial charge in [-0.1, -0.05) is 79.6 Å². The molecule has 0 atom stereocenters. The van der Waals surface area contributed by atoms with E-state index >= 15 is 0 Å². The molecule has 0 bridgehead atoms. The van der Waals surface area contributed by atoms with Crippen LogP contribution in [0.3, 0.4) is 0 Å². The summed E-state index contributed by atoms with van der Waals surface area (Å²) in [5.41, 5.74) is 0. The highest BCUT2D eigenvalue weighted by molar-refractivity contribution is 6.63. The summed E-state index contributed by atoms with van der Waals surface area (Å²) >= 11 is 5.20. The third kappa shape index (κ3) is 38.7. The fraction of sp³-hybridized carbons (Fsp3) is 0.933. The summed E-state index contributed by atoms with van der Waals surface area (Å²) < 4.78 is 0. The van der Waals surface area contributed by atoms with Gasteiger partial charge in [0.05, 0.1) is 0 Å². The van der Waals surface area contributed by atoms with Crippen molar-refractivity contribution in [2.24, 2.45) is 0 Å². The van der Waals surface area contributed by atoms with Crippen LogP contribution >= 0.6 is 11.6 Å². The van der Waals surface area contributed by atoms with E-state index in [4.69, 9.17) is 11.6 Å². The first kappa shape index (κ1) is 22.2. The molecule has 0 N–H and O–H groups in total. The molecule has 0 aromatic heterocycles. The van der Waals surface area contributed by atoms with Gasteiger partial charge in [-0.15, -0.1) is 0 Å². The average Bonchev–Trinajstić information content (AvgIpc) is 2.31. The van der Waals surface area contributed by atoms with Crippen molar-refractivity contribution >= 4 is 16.8 Å². The minimum atomic E-state index is -0.191. The number of carbonyl (C=O) groups is 1. The molecule has 17 heavy (non-hydrogen) atoms. The Morgan fingerprint density at radius 1 is 0.824 bits per heavy atom. The van der Waals surface area contributed by atoms with Gasteiger partial charge in [0, 0.05) is 6.42 Å². The zero-order valence-electron chi connectivity index (χ0n) is 12.7. The lowest BCUT2D eigenvalue weighted by Crippen LogP contribution is -1.86. The minimum absolute atomic E-state index is 0.191. The van der Waals surface area contributed by atoms with Crippen LogP contribution in [0.25, 0.3) is 0 Å². The highest BCUT2D eigenvalue weighted by atomic mass is 35.5. The third-order valence-electron chi connectivity index (χ3n) is 1.98. The smallest absolute Gasteiger partial charge is 0.221 e. The largest absolute Gasteiger partial charge is 0.281 e. The van der Waals surface area contributed by atoms with Crippen LogP contribution in [0.1, 0.15) is 92.4 Å². The summed E-state index contributed by atoms with van der Waals surface area (Å²) in [6, 6.07) is 0. The van der Waals surface area contributed by atoms with E-state index < -0.39 is 0 Å². The lowest BCUT2D eigenvalue weighted by atomic mass is 10.1. The number of carbonyl (C=O) groups excluding carboxylic acids is 1. The molecule has 0 aromatic rings. The number of unbranched alkanes of at least 4 members (excludes halogenated alkanes) is 6. The molecule has 0 spiro atoms. The summed E-state index contributed by atoms with van der Waals surface area (Å²) in [4.78, 5) is 10.3. The lowest BCUT2D eigenvalue weighted by molar-refractivity contribution is -0.111. The Balaban J connectivity index is -0.000000337. The Labute approximate surface area is 114 Å². The van der Waals surface area contributed by atoms with Gasteiger partial charge in [-0.05, 0) is 18.0 Å². The molecule has 0 saturated carbocycles. The van der Waals surface area contributed by atoms with Crippen LogP contribution in [0, 0.1) is 0 Å². The zero-order chi connectivity index (χ0) is 13.9. The molecule has 2 heteroatoms. The normalized spacial score (nSPS) is 8.59. The maximum absolute atomic E-state index is 10.3. The van der Waals surface area contributed by atoms with E-state index in [1.165, 1.54) is 38.5 Å². The van der Waals surface area contributed by atoms with Gasteiger partial charge in [0.15, 0.2) is 0 Å². The van der Waals surface area contributed by atoms with Gasteiger partial charge in [-0.25, -0.2) is 0 Å². The molecule has 0 unspecified atom stereocenters. The first-order valence-corrected chi connectivity index (χ1v) is 7.75. The average molecular weight is 265 g/mol. The molecule has 0 aromatic carbocycles. The molecule has 0 saturated heterocycles. The van der Waals surface area contributed by atoms with Crippen molar-refractivity contribution in [1.29, 1.82) is 0 Å². The summed E-state index contributed by atoms with van der Waals surface area (Å²) in [7, 11) is 0. The first-order chi connectivity index (χ1) is 8.18. The highest BCUT2D eigenvalue weighted by Crippen LogP contribution is 2.08. The fourth-order valence-corrected chi connectivity index (χ4v) is 1.35. The van der Waals surface area contributed by atoms with E-state index in [-0.39, 0.29) is 5.24 Å². The van der Waals surface area contributed by atoms with E-state index in [1.807, 2.05) is 13.8 Å². The monoisotopic (exact) mass is 264 g/mol. The standard InChI is InChI=1S/C10H19ClO.C3H8.C2H6/c1-2-3-4-5-6-7-8-9-10(11)12;1-3-2;1-2/h2-9H2,1H3;3H2,1-2H3;1-2H3. The van der Waals surface area contributed by atoms with Gasteiger partial charge >= 0.3 is 0 Å². The van der Waals surface area contributed by atoms with Crippen LogP contribution in [-0.4, -0.2) is 5.24 Å². The van der Waals surface area contributed by atoms with Crippen LogP contribution in [0.2, 0.25) is 0 Å². The van der Waals surface area contributed by atoms with Crippen LogP contribution in [-0.2, 0) is 4.79 Å². The fourth-order valence-electron chi connectivity index (χ4n) is 1.22. The predicted octanol–water partition coefficient (Wildman–Crippen LogP) is 6.34. The van der Waals surface area contributed by atoms with Gasteiger partial charge in [0.2, 0.25) is 5.24 Å². The topological polar surface area (TPSA) is 17.1 Å². The Morgan fingerprint density at radius 3 is 1.53 bits per heavy atom. The van der Waals surface area contributed by atoms with Gasteiger partial charge in [-0.3, -0.25) is 4.79 Å². The van der Waals surface area contributed by atoms with Crippen LogP contribution in [0.15, 0.2) is 0 Å². The molecule has 0 heterocycles. The Hall–Kier alpha value is -0.0400. The minimum Gasteiger partial charge on any atom is -0.281 e. The molecular formula is C15H33ClO. The molecule has 0 radical (unpaired) electrons. The lowest BCUT2D eigenvalue weighted by Gasteiger charge is -1.98. The van der Waals surface area contributed by atoms with Crippen molar-refractivity contribution in [2.75, 3.05) is 0 Å². The maximum Gasteiger partial charge on any atom is 0.221 e. The van der Waals surface area contributed by atoms with E-state index in [2.05, 4.69) is 20.8 Å². The van der Waals surface area contributed by atoms with E-state index in [0.717, 1.165) is 12.8 Å². The van der Waals surface area contributed by atoms with E-state index in [1.54, 1.807) is 0 Å². The quantitative estimate of drug-likeness (QED) is 0.369. The molecule has 106 valence electrons. The van der Waals surface area contributed by atoms with Gasteiger partial charge in [0.1, 0.15) is 0 Å². The summed E-state index contributed by atoms with van der Waals surface area (Å²) in [6.07, 6.45) is 10.5. The Kier molecular flexibility index (Phi) is 32.6. The second-order valence-corrected chi connectivity index (χ2v) is 4.36. The van der Waals surface area contributed by atoms with E-state index in [0.29, 0.717) is 6.42 Å². The maximum atomic E-state index is 10.3. The summed E-state index contributed by atoms with van der Waals surface area (Å²) in [6.45, 7) is 10.5. The van der Waals surface area contributed by atoms with Gasteiger partial charge in [-0.2, -0.15) is 0 Å². The SMILES string of the molecule is CC.CCC.CCCCCCCCCC(=O)Cl. The summed E-state index contributed by atoms with van der Waals surface area (Å²) in [5, 5.41) is -0.191.